The number of nitrogens with zero attached hydrogens (tertiary/aromatic N) is 2. The molecule has 0 aliphatic carbocycles. The summed E-state index contributed by atoms with van der Waals surface area (Å²) >= 11 is 1.94. The van der Waals surface area contributed by atoms with Crippen LogP contribution in [-0.2, 0) is 0 Å². The van der Waals surface area contributed by atoms with Gasteiger partial charge >= 0.3 is 11.7 Å². The molecule has 8 heteroatoms. The number of pyridine rings is 1. The van der Waals surface area contributed by atoms with Crippen LogP contribution in [0, 0.1) is 13.7 Å². The molecule has 2 rings (SSSR count). The summed E-state index contributed by atoms with van der Waals surface area (Å²) in [6.45, 7) is 0. The predicted molar refractivity (Wildman–Crippen MR) is 77.1 cm³/mol. The number of carboxylic acid groups (broad SMARTS) is 1. The molecule has 0 spiro atoms. The van der Waals surface area contributed by atoms with Gasteiger partial charge in [0.05, 0.1) is 14.1 Å². The molecule has 0 saturated carbocycles. The zero-order valence-electron chi connectivity index (χ0n) is 9.82. The molecule has 1 heterocycles. The van der Waals surface area contributed by atoms with Crippen LogP contribution in [0.4, 0.5) is 5.69 Å². The Kier molecular flexibility index (Phi) is 4.13. The largest absolute Gasteiger partial charge is 0.478 e. The van der Waals surface area contributed by atoms with Gasteiger partial charge in [-0.2, -0.15) is 0 Å². The summed E-state index contributed by atoms with van der Waals surface area (Å²) in [6, 6.07) is 6.94. The maximum atomic E-state index is 10.9. The van der Waals surface area contributed by atoms with Crippen molar-refractivity contribution in [3.8, 4) is 11.6 Å². The van der Waals surface area contributed by atoms with Gasteiger partial charge in [0.1, 0.15) is 5.75 Å². The lowest BCUT2D eigenvalue weighted by atomic mass is 10.2. The van der Waals surface area contributed by atoms with Gasteiger partial charge in [-0.25, -0.2) is 9.78 Å². The highest BCUT2D eigenvalue weighted by atomic mass is 127. The zero-order chi connectivity index (χ0) is 14.7. The smallest absolute Gasteiger partial charge is 0.335 e. The first kappa shape index (κ1) is 14.2. The number of nitro groups is 1. The molecule has 0 saturated heterocycles. The first-order valence-electron chi connectivity index (χ1n) is 5.29. The third-order valence-electron chi connectivity index (χ3n) is 2.33. The van der Waals surface area contributed by atoms with Crippen molar-refractivity contribution in [3.63, 3.8) is 0 Å². The fourth-order valence-corrected chi connectivity index (χ4v) is 1.86. The molecular weight excluding hydrogens is 379 g/mol. The van der Waals surface area contributed by atoms with E-state index in [1.807, 2.05) is 22.6 Å². The molecule has 0 atom stereocenters. The van der Waals surface area contributed by atoms with Crippen molar-refractivity contribution >= 4 is 34.2 Å². The molecule has 0 fully saturated rings. The number of aromatic nitrogens is 1. The molecule has 20 heavy (non-hydrogen) atoms. The van der Waals surface area contributed by atoms with Crippen LogP contribution in [0.3, 0.4) is 0 Å². The first-order valence-corrected chi connectivity index (χ1v) is 6.37. The Hall–Kier alpha value is -2.23. The van der Waals surface area contributed by atoms with Crippen LogP contribution in [0.25, 0.3) is 0 Å². The van der Waals surface area contributed by atoms with E-state index in [1.54, 1.807) is 6.07 Å². The van der Waals surface area contributed by atoms with Crippen LogP contribution >= 0.6 is 22.6 Å². The Labute approximate surface area is 126 Å². The fraction of sp³-hybridized carbons (Fsp3) is 0. The lowest BCUT2D eigenvalue weighted by molar-refractivity contribution is -0.386. The number of benzene rings is 1. The van der Waals surface area contributed by atoms with E-state index in [4.69, 9.17) is 9.84 Å². The fourth-order valence-electron chi connectivity index (χ4n) is 1.42. The molecule has 0 aliphatic rings. The lowest BCUT2D eigenvalue weighted by Crippen LogP contribution is -2.00. The van der Waals surface area contributed by atoms with Crippen LogP contribution < -0.4 is 4.74 Å². The van der Waals surface area contributed by atoms with Gasteiger partial charge in [-0.05, 0) is 46.9 Å². The van der Waals surface area contributed by atoms with Gasteiger partial charge < -0.3 is 9.84 Å². The van der Waals surface area contributed by atoms with Gasteiger partial charge in [-0.1, -0.05) is 0 Å². The molecule has 2 aromatic rings. The second-order valence-electron chi connectivity index (χ2n) is 3.64. The molecule has 0 amide bonds. The van der Waals surface area contributed by atoms with Crippen molar-refractivity contribution in [1.82, 2.24) is 4.98 Å². The third kappa shape index (κ3) is 3.02. The minimum Gasteiger partial charge on any atom is -0.478 e. The number of hydrogen-bond acceptors (Lipinski definition) is 5. The highest BCUT2D eigenvalue weighted by molar-refractivity contribution is 14.1. The number of carbonyl (C=O) groups is 1. The van der Waals surface area contributed by atoms with Crippen LogP contribution in [0.15, 0.2) is 36.5 Å². The Morgan fingerprint density at radius 2 is 2.15 bits per heavy atom. The van der Waals surface area contributed by atoms with E-state index in [-0.39, 0.29) is 22.9 Å². The molecule has 1 aromatic carbocycles. The highest BCUT2D eigenvalue weighted by Gasteiger charge is 2.18. The predicted octanol–water partition coefficient (Wildman–Crippen LogP) is 3.08. The molecule has 0 radical (unpaired) electrons. The van der Waals surface area contributed by atoms with Gasteiger partial charge in [0.25, 0.3) is 5.88 Å². The van der Waals surface area contributed by atoms with Crippen LogP contribution in [0.1, 0.15) is 10.4 Å². The van der Waals surface area contributed by atoms with Crippen LogP contribution in [0.2, 0.25) is 0 Å². The van der Waals surface area contributed by atoms with Gasteiger partial charge in [-0.3, -0.25) is 10.1 Å². The van der Waals surface area contributed by atoms with E-state index >= 15 is 0 Å². The van der Waals surface area contributed by atoms with Crippen molar-refractivity contribution in [1.29, 1.82) is 0 Å². The number of carboxylic acids is 1. The van der Waals surface area contributed by atoms with E-state index in [0.29, 0.717) is 3.57 Å². The third-order valence-corrected chi connectivity index (χ3v) is 3.22. The van der Waals surface area contributed by atoms with E-state index in [0.717, 1.165) is 0 Å². The van der Waals surface area contributed by atoms with Crippen molar-refractivity contribution in [2.75, 3.05) is 0 Å². The minimum absolute atomic E-state index is 0.0269. The average Bonchev–Trinajstić information content (AvgIpc) is 2.41. The van der Waals surface area contributed by atoms with Gasteiger partial charge in [0.15, 0.2) is 0 Å². The van der Waals surface area contributed by atoms with Crippen molar-refractivity contribution in [2.45, 2.75) is 0 Å². The Morgan fingerprint density at radius 1 is 1.40 bits per heavy atom. The molecule has 0 unspecified atom stereocenters. The molecule has 0 bridgehead atoms. The summed E-state index contributed by atoms with van der Waals surface area (Å²) in [7, 11) is 0. The van der Waals surface area contributed by atoms with Gasteiger partial charge in [0.2, 0.25) is 0 Å². The van der Waals surface area contributed by atoms with Crippen molar-refractivity contribution in [3.05, 3.63) is 55.8 Å². The van der Waals surface area contributed by atoms with Crippen molar-refractivity contribution in [2.24, 2.45) is 0 Å². The van der Waals surface area contributed by atoms with E-state index in [2.05, 4.69) is 4.98 Å². The zero-order valence-corrected chi connectivity index (χ0v) is 12.0. The maximum absolute atomic E-state index is 10.9. The SMILES string of the molecule is O=C(O)c1ccc(I)c(Oc2ncccc2[N+](=O)[O-])c1. The van der Waals surface area contributed by atoms with Gasteiger partial charge in [0, 0.05) is 12.3 Å². The monoisotopic (exact) mass is 386 g/mol. The Morgan fingerprint density at radius 3 is 2.80 bits per heavy atom. The number of rotatable bonds is 4. The molecule has 1 aromatic heterocycles. The van der Waals surface area contributed by atoms with Crippen LogP contribution in [0.5, 0.6) is 11.6 Å². The number of aromatic carboxylic acids is 1. The normalized spacial score (nSPS) is 10.1. The summed E-state index contributed by atoms with van der Waals surface area (Å²) in [6.07, 6.45) is 1.36. The summed E-state index contributed by atoms with van der Waals surface area (Å²) in [5.74, 6) is -1.09. The quantitative estimate of drug-likeness (QED) is 0.492. The Balaban J connectivity index is 2.42. The second-order valence-corrected chi connectivity index (χ2v) is 4.80. The molecule has 102 valence electrons. The Bertz CT molecular complexity index is 689. The highest BCUT2D eigenvalue weighted by Crippen LogP contribution is 2.31. The van der Waals surface area contributed by atoms with Crippen LogP contribution in [-0.4, -0.2) is 21.0 Å². The molecule has 7 nitrogen and oxygen atoms in total. The first-order chi connectivity index (χ1) is 9.49. The lowest BCUT2D eigenvalue weighted by Gasteiger charge is -2.07. The summed E-state index contributed by atoms with van der Waals surface area (Å²) in [4.78, 5) is 25.0. The van der Waals surface area contributed by atoms with Crippen molar-refractivity contribution < 1.29 is 19.6 Å². The van der Waals surface area contributed by atoms with Gasteiger partial charge in [-0.15, -0.1) is 0 Å². The molecule has 1 N–H and O–H groups in total. The maximum Gasteiger partial charge on any atom is 0.335 e. The second kappa shape index (κ2) is 5.82. The minimum atomic E-state index is -1.11. The summed E-state index contributed by atoms with van der Waals surface area (Å²) < 4.78 is 5.99. The standard InChI is InChI=1S/C12H7IN2O5/c13-8-4-3-7(12(16)17)6-10(8)20-11-9(15(18)19)2-1-5-14-11/h1-6H,(H,16,17). The van der Waals surface area contributed by atoms with E-state index < -0.39 is 10.9 Å². The molecular formula is C12H7IN2O5. The number of ether oxygens (including phenoxy) is 1. The number of hydrogen-bond donors (Lipinski definition) is 1. The van der Waals surface area contributed by atoms with E-state index in [1.165, 1.54) is 30.5 Å². The average molecular weight is 386 g/mol. The number of halogens is 1. The molecule has 0 aliphatic heterocycles. The summed E-state index contributed by atoms with van der Waals surface area (Å²) in [5.41, 5.74) is -0.261. The summed E-state index contributed by atoms with van der Waals surface area (Å²) in [5, 5.41) is 19.8. The topological polar surface area (TPSA) is 103 Å². The van der Waals surface area contributed by atoms with E-state index in [9.17, 15) is 14.9 Å².